The molecule has 0 radical (unpaired) electrons. The highest BCUT2D eigenvalue weighted by molar-refractivity contribution is 7.92. The number of halogens is 1. The molecule has 0 aliphatic heterocycles. The Kier molecular flexibility index (Phi) is 10.1. The van der Waals surface area contributed by atoms with E-state index in [1.807, 2.05) is 0 Å². The van der Waals surface area contributed by atoms with Crippen molar-refractivity contribution < 1.29 is 32.2 Å². The second kappa shape index (κ2) is 13.5. The van der Waals surface area contributed by atoms with Gasteiger partial charge in [-0.25, -0.2) is 13.8 Å². The molecule has 0 atom stereocenters. The summed E-state index contributed by atoms with van der Waals surface area (Å²) in [6.45, 7) is -0.758. The Bertz CT molecular complexity index is 1450. The van der Waals surface area contributed by atoms with E-state index in [0.29, 0.717) is 22.7 Å². The summed E-state index contributed by atoms with van der Waals surface area (Å²) in [6.07, 6.45) is 2.34. The molecule has 0 aliphatic rings. The van der Waals surface area contributed by atoms with Gasteiger partial charge in [-0.1, -0.05) is 23.7 Å². The maximum atomic E-state index is 12.5. The maximum absolute atomic E-state index is 12.5. The lowest BCUT2D eigenvalue weighted by Gasteiger charge is -2.23. The first-order chi connectivity index (χ1) is 18.6. The summed E-state index contributed by atoms with van der Waals surface area (Å²) in [7, 11) is -0.950. The molecule has 13 heteroatoms. The van der Waals surface area contributed by atoms with Crippen molar-refractivity contribution in [3.8, 4) is 17.2 Å². The Morgan fingerprint density at radius 3 is 2.33 bits per heavy atom. The van der Waals surface area contributed by atoms with Crippen LogP contribution in [0.2, 0.25) is 5.02 Å². The van der Waals surface area contributed by atoms with Gasteiger partial charge in [0, 0.05) is 5.02 Å². The van der Waals surface area contributed by atoms with Gasteiger partial charge in [-0.15, -0.1) is 0 Å². The van der Waals surface area contributed by atoms with Gasteiger partial charge in [-0.3, -0.25) is 13.9 Å². The number of ether oxygens (including phenoxy) is 3. The number of benzene rings is 3. The molecule has 0 unspecified atom stereocenters. The number of nitrogens with zero attached hydrogens (tertiary/aromatic N) is 2. The number of hydrazone groups is 1. The van der Waals surface area contributed by atoms with E-state index in [-0.39, 0.29) is 29.0 Å². The second-order valence-corrected chi connectivity index (χ2v) is 10.3. The first-order valence-electron chi connectivity index (χ1n) is 11.4. The number of hydrogen-bond acceptors (Lipinski definition) is 8. The van der Waals surface area contributed by atoms with Gasteiger partial charge < -0.3 is 19.5 Å². The van der Waals surface area contributed by atoms with Gasteiger partial charge in [0.05, 0.1) is 38.1 Å². The molecule has 0 aliphatic carbocycles. The average molecular weight is 575 g/mol. The first-order valence-corrected chi connectivity index (χ1v) is 13.6. The lowest BCUT2D eigenvalue weighted by molar-refractivity contribution is -0.119. The van der Waals surface area contributed by atoms with Crippen LogP contribution in [-0.4, -0.2) is 60.1 Å². The molecule has 3 rings (SSSR count). The van der Waals surface area contributed by atoms with Crippen LogP contribution in [0.25, 0.3) is 0 Å². The number of para-hydroxylation sites is 2. The largest absolute Gasteiger partial charge is 0.495 e. The Labute approximate surface area is 231 Å². The summed E-state index contributed by atoms with van der Waals surface area (Å²) in [5, 5.41) is 6.88. The summed E-state index contributed by atoms with van der Waals surface area (Å²) < 4.78 is 41.5. The minimum atomic E-state index is -3.84. The predicted molar refractivity (Wildman–Crippen MR) is 149 cm³/mol. The van der Waals surface area contributed by atoms with E-state index in [0.717, 1.165) is 10.6 Å². The van der Waals surface area contributed by atoms with Gasteiger partial charge in [0.25, 0.3) is 11.8 Å². The molecule has 0 bridgehead atoms. The number of rotatable bonds is 12. The van der Waals surface area contributed by atoms with Crippen LogP contribution in [0.3, 0.4) is 0 Å². The van der Waals surface area contributed by atoms with E-state index in [1.165, 1.54) is 32.6 Å². The van der Waals surface area contributed by atoms with Crippen LogP contribution in [0.4, 0.5) is 11.4 Å². The lowest BCUT2D eigenvalue weighted by atomic mass is 10.2. The molecule has 0 saturated carbocycles. The van der Waals surface area contributed by atoms with Crippen LogP contribution in [-0.2, 0) is 19.6 Å². The number of anilines is 2. The molecule has 3 aromatic rings. The molecule has 0 saturated heterocycles. The highest BCUT2D eigenvalue weighted by Gasteiger charge is 2.24. The van der Waals surface area contributed by atoms with Crippen LogP contribution < -0.4 is 29.3 Å². The normalized spacial score (nSPS) is 11.1. The third-order valence-corrected chi connectivity index (χ3v) is 6.49. The zero-order valence-electron chi connectivity index (χ0n) is 21.4. The van der Waals surface area contributed by atoms with Crippen LogP contribution in [0.5, 0.6) is 17.2 Å². The fourth-order valence-electron chi connectivity index (χ4n) is 3.32. The Morgan fingerprint density at radius 2 is 1.67 bits per heavy atom. The van der Waals surface area contributed by atoms with Crippen LogP contribution >= 0.6 is 11.6 Å². The van der Waals surface area contributed by atoms with Crippen molar-refractivity contribution in [2.24, 2.45) is 5.10 Å². The second-order valence-electron chi connectivity index (χ2n) is 7.99. The van der Waals surface area contributed by atoms with Gasteiger partial charge in [0.1, 0.15) is 23.8 Å². The van der Waals surface area contributed by atoms with Crippen molar-refractivity contribution in [3.05, 3.63) is 77.3 Å². The van der Waals surface area contributed by atoms with Gasteiger partial charge >= 0.3 is 0 Å². The van der Waals surface area contributed by atoms with Crippen molar-refractivity contribution >= 4 is 51.0 Å². The monoisotopic (exact) mass is 574 g/mol. The van der Waals surface area contributed by atoms with Crippen molar-refractivity contribution in [1.29, 1.82) is 0 Å². The molecule has 0 fully saturated rings. The fourth-order valence-corrected chi connectivity index (χ4v) is 4.33. The third kappa shape index (κ3) is 8.62. The lowest BCUT2D eigenvalue weighted by Crippen LogP contribution is -2.39. The SMILES string of the molecule is COc1ccccc1NC(=O)COc1ccc(/C=N\NC(=O)CN(c2cc(Cl)ccc2OC)S(C)(=O)=O)cc1. The van der Waals surface area contributed by atoms with Gasteiger partial charge in [-0.05, 0) is 60.2 Å². The molecule has 3 aromatic carbocycles. The summed E-state index contributed by atoms with van der Waals surface area (Å²) in [5.41, 5.74) is 3.58. The molecule has 11 nitrogen and oxygen atoms in total. The minimum Gasteiger partial charge on any atom is -0.495 e. The number of amides is 2. The first kappa shape index (κ1) is 29.3. The van der Waals surface area contributed by atoms with Crippen molar-refractivity contribution in [2.75, 3.05) is 43.2 Å². The molecular weight excluding hydrogens is 548 g/mol. The van der Waals surface area contributed by atoms with Crippen molar-refractivity contribution in [3.63, 3.8) is 0 Å². The molecule has 0 spiro atoms. The standard InChI is InChI=1S/C26H27ClN4O7S/c1-36-23-7-5-4-6-21(23)29-26(33)17-38-20-11-8-18(9-12-20)15-28-30-25(32)16-31(39(3,34)35)22-14-19(27)10-13-24(22)37-2/h4-15H,16-17H2,1-3H3,(H,29,33)(H,30,32)/b28-15-. The van der Waals surface area contributed by atoms with E-state index >= 15 is 0 Å². The quantitative estimate of drug-likeness (QED) is 0.250. The Hall–Kier alpha value is -4.29. The van der Waals surface area contributed by atoms with Crippen molar-refractivity contribution in [1.82, 2.24) is 5.43 Å². The molecule has 2 amide bonds. The summed E-state index contributed by atoms with van der Waals surface area (Å²) in [4.78, 5) is 24.7. The topological polar surface area (TPSA) is 136 Å². The zero-order chi connectivity index (χ0) is 28.4. The van der Waals surface area contributed by atoms with Gasteiger partial charge in [-0.2, -0.15) is 5.10 Å². The number of nitrogens with one attached hydrogen (secondary N) is 2. The zero-order valence-corrected chi connectivity index (χ0v) is 23.0. The molecule has 206 valence electrons. The molecule has 0 heterocycles. The smallest absolute Gasteiger partial charge is 0.262 e. The number of hydrogen-bond donors (Lipinski definition) is 2. The van der Waals surface area contributed by atoms with Gasteiger partial charge in [0.15, 0.2) is 6.61 Å². The van der Waals surface area contributed by atoms with E-state index < -0.39 is 22.5 Å². The average Bonchev–Trinajstić information content (AvgIpc) is 2.91. The number of methoxy groups -OCH3 is 2. The van der Waals surface area contributed by atoms with E-state index in [2.05, 4.69) is 15.8 Å². The van der Waals surface area contributed by atoms with Crippen LogP contribution in [0.15, 0.2) is 71.8 Å². The van der Waals surface area contributed by atoms with Crippen LogP contribution in [0, 0.1) is 0 Å². The summed E-state index contributed by atoms with van der Waals surface area (Å²) in [5.74, 6) is 0.187. The fraction of sp³-hybridized carbons (Fsp3) is 0.192. The van der Waals surface area contributed by atoms with Crippen molar-refractivity contribution in [2.45, 2.75) is 0 Å². The molecular formula is C26H27ClN4O7S. The number of sulfonamides is 1. The molecule has 2 N–H and O–H groups in total. The van der Waals surface area contributed by atoms with E-state index in [1.54, 1.807) is 54.6 Å². The molecule has 39 heavy (non-hydrogen) atoms. The minimum absolute atomic E-state index is 0.124. The summed E-state index contributed by atoms with van der Waals surface area (Å²) in [6, 6.07) is 18.1. The summed E-state index contributed by atoms with van der Waals surface area (Å²) >= 11 is 6.01. The maximum Gasteiger partial charge on any atom is 0.262 e. The number of carbonyl (C=O) groups excluding carboxylic acids is 2. The van der Waals surface area contributed by atoms with E-state index in [4.69, 9.17) is 25.8 Å². The van der Waals surface area contributed by atoms with Crippen LogP contribution in [0.1, 0.15) is 5.56 Å². The Balaban J connectivity index is 1.54. The number of carbonyl (C=O) groups is 2. The molecule has 0 aromatic heterocycles. The highest BCUT2D eigenvalue weighted by atomic mass is 35.5. The third-order valence-electron chi connectivity index (χ3n) is 5.13. The highest BCUT2D eigenvalue weighted by Crippen LogP contribution is 2.32. The van der Waals surface area contributed by atoms with Gasteiger partial charge in [0.2, 0.25) is 10.0 Å². The predicted octanol–water partition coefficient (Wildman–Crippen LogP) is 3.29. The Morgan fingerprint density at radius 1 is 0.974 bits per heavy atom. The van der Waals surface area contributed by atoms with E-state index in [9.17, 15) is 18.0 Å².